The maximum atomic E-state index is 12.3. The number of carbonyl (C=O) groups excluding carboxylic acids is 3. The second-order valence-corrected chi connectivity index (χ2v) is 6.46. The number of benzene rings is 2. The van der Waals surface area contributed by atoms with E-state index in [4.69, 9.17) is 4.74 Å². The standard InChI is InChI=1S/C20H23N3O4.ClH/c1-27-20(26)18(15-9-4-7-13-6-2-3-8-14(13)15)23-17(24)12-22-19(25)16-10-5-11-21-16;/h2-4,6-9,16,18,21H,5,10-12H2,1H3,(H,22,25)(H,23,24);1H. The third-order valence-electron chi connectivity index (χ3n) is 4.68. The molecule has 3 N–H and O–H groups in total. The van der Waals surface area contributed by atoms with E-state index >= 15 is 0 Å². The molecule has 150 valence electrons. The summed E-state index contributed by atoms with van der Waals surface area (Å²) >= 11 is 0. The van der Waals surface area contributed by atoms with E-state index in [2.05, 4.69) is 16.0 Å². The van der Waals surface area contributed by atoms with Gasteiger partial charge in [0.05, 0.1) is 19.7 Å². The van der Waals surface area contributed by atoms with Crippen LogP contribution in [0.15, 0.2) is 42.5 Å². The molecule has 2 aromatic carbocycles. The number of hydrogen-bond donors (Lipinski definition) is 3. The Morgan fingerprint density at radius 1 is 1.18 bits per heavy atom. The quantitative estimate of drug-likeness (QED) is 0.632. The largest absolute Gasteiger partial charge is 0.467 e. The molecule has 1 aliphatic heterocycles. The van der Waals surface area contributed by atoms with Crippen molar-refractivity contribution in [2.45, 2.75) is 24.9 Å². The molecule has 0 aliphatic carbocycles. The first-order chi connectivity index (χ1) is 13.1. The molecule has 2 atom stereocenters. The highest BCUT2D eigenvalue weighted by molar-refractivity contribution is 5.94. The summed E-state index contributed by atoms with van der Waals surface area (Å²) < 4.78 is 4.87. The lowest BCUT2D eigenvalue weighted by atomic mass is 9.98. The fraction of sp³-hybridized carbons (Fsp3) is 0.350. The summed E-state index contributed by atoms with van der Waals surface area (Å²) in [5.74, 6) is -1.23. The second kappa shape index (κ2) is 10.1. The lowest BCUT2D eigenvalue weighted by Gasteiger charge is -2.19. The molecule has 7 nitrogen and oxygen atoms in total. The van der Waals surface area contributed by atoms with Gasteiger partial charge in [0.15, 0.2) is 6.04 Å². The number of hydrogen-bond acceptors (Lipinski definition) is 5. The highest BCUT2D eigenvalue weighted by Crippen LogP contribution is 2.25. The Hall–Kier alpha value is -2.64. The maximum absolute atomic E-state index is 12.3. The number of rotatable bonds is 6. The minimum atomic E-state index is -0.949. The molecule has 1 aliphatic rings. The number of amides is 2. The fourth-order valence-electron chi connectivity index (χ4n) is 3.29. The van der Waals surface area contributed by atoms with Crippen LogP contribution < -0.4 is 16.0 Å². The molecule has 1 fully saturated rings. The van der Waals surface area contributed by atoms with Crippen LogP contribution in [-0.2, 0) is 19.1 Å². The average Bonchev–Trinajstić information content (AvgIpc) is 3.24. The van der Waals surface area contributed by atoms with Gasteiger partial charge < -0.3 is 20.7 Å². The summed E-state index contributed by atoms with van der Waals surface area (Å²) in [6.07, 6.45) is 1.70. The predicted octanol–water partition coefficient (Wildman–Crippen LogP) is 1.46. The van der Waals surface area contributed by atoms with E-state index in [0.717, 1.165) is 30.2 Å². The molecule has 3 rings (SSSR count). The number of methoxy groups -OCH3 is 1. The van der Waals surface area contributed by atoms with Crippen molar-refractivity contribution in [1.82, 2.24) is 16.0 Å². The molecule has 0 spiro atoms. The van der Waals surface area contributed by atoms with Crippen LogP contribution in [0.1, 0.15) is 24.4 Å². The van der Waals surface area contributed by atoms with Gasteiger partial charge in [-0.05, 0) is 35.7 Å². The normalized spacial score (nSPS) is 16.7. The van der Waals surface area contributed by atoms with Gasteiger partial charge in [-0.1, -0.05) is 42.5 Å². The van der Waals surface area contributed by atoms with Crippen LogP contribution in [0.25, 0.3) is 10.8 Å². The highest BCUT2D eigenvalue weighted by atomic mass is 35.5. The van der Waals surface area contributed by atoms with Crippen molar-refractivity contribution in [3.63, 3.8) is 0 Å². The van der Waals surface area contributed by atoms with Crippen molar-refractivity contribution < 1.29 is 19.1 Å². The average molecular weight is 406 g/mol. The van der Waals surface area contributed by atoms with E-state index in [1.165, 1.54) is 7.11 Å². The fourth-order valence-corrected chi connectivity index (χ4v) is 3.29. The lowest BCUT2D eigenvalue weighted by Crippen LogP contribution is -2.46. The molecule has 0 bridgehead atoms. The molecule has 8 heteroatoms. The van der Waals surface area contributed by atoms with E-state index < -0.39 is 17.9 Å². The molecule has 2 aromatic rings. The van der Waals surface area contributed by atoms with Crippen molar-refractivity contribution in [2.24, 2.45) is 0 Å². The van der Waals surface area contributed by atoms with Gasteiger partial charge in [-0.15, -0.1) is 12.4 Å². The topological polar surface area (TPSA) is 96.5 Å². The summed E-state index contributed by atoms with van der Waals surface area (Å²) in [5.41, 5.74) is 0.650. The SMILES string of the molecule is COC(=O)C(NC(=O)CNC(=O)C1CCCN1)c1cccc2ccccc12.Cl. The Balaban J connectivity index is 0.00000280. The van der Waals surface area contributed by atoms with Crippen LogP contribution in [0.2, 0.25) is 0 Å². The van der Waals surface area contributed by atoms with Crippen LogP contribution in [0.4, 0.5) is 0 Å². The van der Waals surface area contributed by atoms with Gasteiger partial charge in [0.1, 0.15) is 0 Å². The van der Waals surface area contributed by atoms with Crippen molar-refractivity contribution in [2.75, 3.05) is 20.2 Å². The molecule has 2 unspecified atom stereocenters. The third-order valence-corrected chi connectivity index (χ3v) is 4.68. The molecule has 0 saturated carbocycles. The van der Waals surface area contributed by atoms with Crippen LogP contribution in [-0.4, -0.2) is 44.0 Å². The maximum Gasteiger partial charge on any atom is 0.333 e. The van der Waals surface area contributed by atoms with Gasteiger partial charge in [-0.2, -0.15) is 0 Å². The van der Waals surface area contributed by atoms with Crippen molar-refractivity contribution in [1.29, 1.82) is 0 Å². The van der Waals surface area contributed by atoms with Crippen LogP contribution in [0.5, 0.6) is 0 Å². The number of ether oxygens (including phenoxy) is 1. The molecule has 1 heterocycles. The molecular weight excluding hydrogens is 382 g/mol. The monoisotopic (exact) mass is 405 g/mol. The Bertz CT molecular complexity index is 847. The van der Waals surface area contributed by atoms with Gasteiger partial charge in [-0.25, -0.2) is 4.79 Å². The van der Waals surface area contributed by atoms with E-state index in [0.29, 0.717) is 5.56 Å². The van der Waals surface area contributed by atoms with Crippen molar-refractivity contribution in [3.8, 4) is 0 Å². The van der Waals surface area contributed by atoms with Gasteiger partial charge >= 0.3 is 5.97 Å². The molecule has 0 radical (unpaired) electrons. The van der Waals surface area contributed by atoms with Crippen LogP contribution >= 0.6 is 12.4 Å². The summed E-state index contributed by atoms with van der Waals surface area (Å²) in [6, 6.07) is 11.9. The van der Waals surface area contributed by atoms with E-state index in [-0.39, 0.29) is 30.9 Å². The zero-order valence-corrected chi connectivity index (χ0v) is 16.4. The van der Waals surface area contributed by atoms with Crippen molar-refractivity contribution >= 4 is 41.0 Å². The number of halogens is 1. The van der Waals surface area contributed by atoms with E-state index in [9.17, 15) is 14.4 Å². The number of fused-ring (bicyclic) bond motifs is 1. The van der Waals surface area contributed by atoms with Gasteiger partial charge in [-0.3, -0.25) is 9.59 Å². The second-order valence-electron chi connectivity index (χ2n) is 6.46. The molecule has 0 aromatic heterocycles. The lowest BCUT2D eigenvalue weighted by molar-refractivity contribution is -0.145. The number of carbonyl (C=O) groups is 3. The number of esters is 1. The molecule has 1 saturated heterocycles. The van der Waals surface area contributed by atoms with Crippen LogP contribution in [0, 0.1) is 0 Å². The highest BCUT2D eigenvalue weighted by Gasteiger charge is 2.26. The molecule has 28 heavy (non-hydrogen) atoms. The minimum Gasteiger partial charge on any atom is -0.467 e. The number of nitrogens with one attached hydrogen (secondary N) is 3. The first kappa shape index (κ1) is 21.7. The Morgan fingerprint density at radius 3 is 2.64 bits per heavy atom. The third kappa shape index (κ3) is 4.99. The summed E-state index contributed by atoms with van der Waals surface area (Å²) in [7, 11) is 1.28. The zero-order chi connectivity index (χ0) is 19.2. The summed E-state index contributed by atoms with van der Waals surface area (Å²) in [4.78, 5) is 36.7. The zero-order valence-electron chi connectivity index (χ0n) is 15.6. The van der Waals surface area contributed by atoms with E-state index in [1.54, 1.807) is 6.07 Å². The van der Waals surface area contributed by atoms with Gasteiger partial charge in [0, 0.05) is 0 Å². The predicted molar refractivity (Wildman–Crippen MR) is 108 cm³/mol. The smallest absolute Gasteiger partial charge is 0.333 e. The Labute approximate surface area is 169 Å². The molecular formula is C20H24ClN3O4. The molecule has 2 amide bonds. The first-order valence-electron chi connectivity index (χ1n) is 8.96. The van der Waals surface area contributed by atoms with E-state index in [1.807, 2.05) is 36.4 Å². The van der Waals surface area contributed by atoms with Crippen LogP contribution in [0.3, 0.4) is 0 Å². The Kier molecular flexibility index (Phi) is 7.78. The summed E-state index contributed by atoms with van der Waals surface area (Å²) in [6.45, 7) is 0.602. The van der Waals surface area contributed by atoms with Gasteiger partial charge in [0.2, 0.25) is 11.8 Å². The summed E-state index contributed by atoms with van der Waals surface area (Å²) in [5, 5.41) is 10.2. The minimum absolute atomic E-state index is 0. The first-order valence-corrected chi connectivity index (χ1v) is 8.96. The van der Waals surface area contributed by atoms with Gasteiger partial charge in [0.25, 0.3) is 0 Å². The Morgan fingerprint density at radius 2 is 1.93 bits per heavy atom. The van der Waals surface area contributed by atoms with Crippen molar-refractivity contribution in [3.05, 3.63) is 48.0 Å².